The van der Waals surface area contributed by atoms with Gasteiger partial charge in [0.15, 0.2) is 6.29 Å². The van der Waals surface area contributed by atoms with Gasteiger partial charge in [0.25, 0.3) is 10.1 Å². The minimum Gasteiger partial charge on any atom is -0.346 e. The van der Waals surface area contributed by atoms with E-state index in [-0.39, 0.29) is 18.8 Å². The van der Waals surface area contributed by atoms with Crippen molar-refractivity contribution in [2.24, 2.45) is 0 Å². The monoisotopic (exact) mass is 400 g/mol. The zero-order valence-corrected chi connectivity index (χ0v) is 16.2. The van der Waals surface area contributed by atoms with Crippen molar-refractivity contribution in [2.45, 2.75) is 19.3 Å². The minimum absolute atomic E-state index is 0.222. The summed E-state index contributed by atoms with van der Waals surface area (Å²) in [6, 6.07) is 23.1. The molecule has 0 aliphatic rings. The molecule has 0 radical (unpaired) electrons. The first-order chi connectivity index (χ1) is 13.4. The van der Waals surface area contributed by atoms with Gasteiger partial charge >= 0.3 is 0 Å². The van der Waals surface area contributed by atoms with Crippen LogP contribution in [0.2, 0.25) is 0 Å². The van der Waals surface area contributed by atoms with Crippen LogP contribution in [-0.4, -0.2) is 21.0 Å². The lowest BCUT2D eigenvalue weighted by atomic mass is 9.97. The van der Waals surface area contributed by atoms with E-state index in [1.54, 1.807) is 12.1 Å². The molecule has 3 rings (SSSR count). The van der Waals surface area contributed by atoms with Crippen LogP contribution < -0.4 is 0 Å². The molecule has 0 bridgehead atoms. The molecule has 0 aliphatic heterocycles. The van der Waals surface area contributed by atoms with Gasteiger partial charge < -0.3 is 4.74 Å². The van der Waals surface area contributed by atoms with Crippen LogP contribution in [0.1, 0.15) is 11.1 Å². The van der Waals surface area contributed by atoms with Crippen molar-refractivity contribution in [1.82, 2.24) is 0 Å². The zero-order chi connectivity index (χ0) is 20.0. The Morgan fingerprint density at radius 1 is 0.893 bits per heavy atom. The highest BCUT2D eigenvalue weighted by atomic mass is 32.2. The van der Waals surface area contributed by atoms with Gasteiger partial charge in [0, 0.05) is 6.42 Å². The van der Waals surface area contributed by atoms with Crippen LogP contribution in [0.15, 0.2) is 78.9 Å². The molecule has 0 saturated carbocycles. The van der Waals surface area contributed by atoms with Gasteiger partial charge in [-0.2, -0.15) is 8.42 Å². The second-order valence-electron chi connectivity index (χ2n) is 6.39. The molecule has 3 aromatic carbocycles. The van der Waals surface area contributed by atoms with Crippen LogP contribution in [0.4, 0.5) is 4.39 Å². The van der Waals surface area contributed by atoms with Crippen molar-refractivity contribution < 1.29 is 21.7 Å². The molecular weight excluding hydrogens is 379 g/mol. The first-order valence-electron chi connectivity index (χ1n) is 8.78. The van der Waals surface area contributed by atoms with E-state index < -0.39 is 16.4 Å². The SMILES string of the molecule is CS(=O)(=O)OC(Cc1ccccc1-c1ccc(F)cc1)OCc1ccccc1. The topological polar surface area (TPSA) is 52.6 Å². The highest BCUT2D eigenvalue weighted by molar-refractivity contribution is 7.86. The van der Waals surface area contributed by atoms with Crippen molar-refractivity contribution in [2.75, 3.05) is 6.26 Å². The lowest BCUT2D eigenvalue weighted by Gasteiger charge is -2.19. The van der Waals surface area contributed by atoms with Crippen LogP contribution in [0.25, 0.3) is 11.1 Å². The number of rotatable bonds is 8. The second kappa shape index (κ2) is 9.10. The Hall–Kier alpha value is -2.54. The summed E-state index contributed by atoms with van der Waals surface area (Å²) in [5.74, 6) is -0.314. The highest BCUT2D eigenvalue weighted by Gasteiger charge is 2.19. The van der Waals surface area contributed by atoms with Crippen LogP contribution in [0.3, 0.4) is 0 Å². The van der Waals surface area contributed by atoms with E-state index in [2.05, 4.69) is 0 Å². The second-order valence-corrected chi connectivity index (χ2v) is 8.00. The molecule has 0 aromatic heterocycles. The Kier molecular flexibility index (Phi) is 6.57. The highest BCUT2D eigenvalue weighted by Crippen LogP contribution is 2.26. The predicted molar refractivity (Wildman–Crippen MR) is 106 cm³/mol. The molecule has 4 nitrogen and oxygen atoms in total. The van der Waals surface area contributed by atoms with Crippen molar-refractivity contribution in [3.63, 3.8) is 0 Å². The van der Waals surface area contributed by atoms with Gasteiger partial charge in [0.1, 0.15) is 5.82 Å². The Morgan fingerprint density at radius 2 is 1.54 bits per heavy atom. The third-order valence-corrected chi connectivity index (χ3v) is 4.68. The molecule has 0 amide bonds. The van der Waals surface area contributed by atoms with Crippen LogP contribution in [0.5, 0.6) is 0 Å². The Morgan fingerprint density at radius 3 is 2.21 bits per heavy atom. The molecule has 0 heterocycles. The van der Waals surface area contributed by atoms with E-state index in [1.807, 2.05) is 54.6 Å². The number of hydrogen-bond acceptors (Lipinski definition) is 4. The number of hydrogen-bond donors (Lipinski definition) is 0. The van der Waals surface area contributed by atoms with E-state index in [1.165, 1.54) is 12.1 Å². The molecule has 0 N–H and O–H groups in total. The molecule has 0 saturated heterocycles. The molecule has 0 aliphatic carbocycles. The third kappa shape index (κ3) is 5.99. The molecule has 28 heavy (non-hydrogen) atoms. The van der Waals surface area contributed by atoms with E-state index in [0.717, 1.165) is 28.5 Å². The van der Waals surface area contributed by atoms with Crippen LogP contribution in [-0.2, 0) is 32.1 Å². The maximum absolute atomic E-state index is 13.3. The van der Waals surface area contributed by atoms with Crippen molar-refractivity contribution in [3.05, 3.63) is 95.8 Å². The van der Waals surface area contributed by atoms with Crippen molar-refractivity contribution >= 4 is 10.1 Å². The quantitative estimate of drug-likeness (QED) is 0.411. The number of halogens is 1. The van der Waals surface area contributed by atoms with Crippen LogP contribution >= 0.6 is 0 Å². The number of ether oxygens (including phenoxy) is 1. The maximum atomic E-state index is 13.3. The summed E-state index contributed by atoms with van der Waals surface area (Å²) >= 11 is 0. The molecule has 1 atom stereocenters. The first-order valence-corrected chi connectivity index (χ1v) is 10.6. The lowest BCUT2D eigenvalue weighted by molar-refractivity contribution is -0.0838. The summed E-state index contributed by atoms with van der Waals surface area (Å²) in [5, 5.41) is 0. The fourth-order valence-corrected chi connectivity index (χ4v) is 3.38. The standard InChI is InChI=1S/C22H21FO4S/c1-28(24,25)27-22(26-16-17-7-3-2-4-8-17)15-19-9-5-6-10-21(19)18-11-13-20(23)14-12-18/h2-14,22H,15-16H2,1H3. The molecule has 0 fully saturated rings. The Bertz CT molecular complexity index is 1000. The fourth-order valence-electron chi connectivity index (χ4n) is 2.87. The third-order valence-electron chi connectivity index (χ3n) is 4.12. The Balaban J connectivity index is 1.83. The summed E-state index contributed by atoms with van der Waals surface area (Å²) in [7, 11) is -3.71. The van der Waals surface area contributed by atoms with Gasteiger partial charge in [-0.1, -0.05) is 66.7 Å². The molecule has 3 aromatic rings. The normalized spacial score (nSPS) is 12.6. The van der Waals surface area contributed by atoms with Gasteiger partial charge in [-0.15, -0.1) is 0 Å². The van der Waals surface area contributed by atoms with Gasteiger partial charge in [0.05, 0.1) is 12.9 Å². The first kappa shape index (κ1) is 20.2. The van der Waals surface area contributed by atoms with Crippen LogP contribution in [0, 0.1) is 5.82 Å². The minimum atomic E-state index is -3.71. The zero-order valence-electron chi connectivity index (χ0n) is 15.4. The van der Waals surface area contributed by atoms with E-state index in [0.29, 0.717) is 0 Å². The van der Waals surface area contributed by atoms with Gasteiger partial charge in [0.2, 0.25) is 0 Å². The maximum Gasteiger partial charge on any atom is 0.266 e. The van der Waals surface area contributed by atoms with Gasteiger partial charge in [-0.3, -0.25) is 0 Å². The lowest BCUT2D eigenvalue weighted by Crippen LogP contribution is -2.23. The summed E-state index contributed by atoms with van der Waals surface area (Å²) in [6.45, 7) is 0.222. The molecule has 0 spiro atoms. The van der Waals surface area contributed by atoms with E-state index in [9.17, 15) is 12.8 Å². The van der Waals surface area contributed by atoms with Crippen molar-refractivity contribution in [3.8, 4) is 11.1 Å². The molecule has 1 unspecified atom stereocenters. The average Bonchev–Trinajstić information content (AvgIpc) is 2.67. The summed E-state index contributed by atoms with van der Waals surface area (Å²) in [5.41, 5.74) is 3.46. The van der Waals surface area contributed by atoms with E-state index >= 15 is 0 Å². The summed E-state index contributed by atoms with van der Waals surface area (Å²) < 4.78 is 47.6. The van der Waals surface area contributed by atoms with Crippen molar-refractivity contribution in [1.29, 1.82) is 0 Å². The predicted octanol–water partition coefficient (Wildman–Crippen LogP) is 4.55. The smallest absolute Gasteiger partial charge is 0.266 e. The number of benzene rings is 3. The average molecular weight is 400 g/mol. The van der Waals surface area contributed by atoms with E-state index in [4.69, 9.17) is 8.92 Å². The van der Waals surface area contributed by atoms with Gasteiger partial charge in [-0.25, -0.2) is 8.57 Å². The molecule has 146 valence electrons. The Labute approximate surface area is 164 Å². The fraction of sp³-hybridized carbons (Fsp3) is 0.182. The van der Waals surface area contributed by atoms with Gasteiger partial charge in [-0.05, 0) is 34.4 Å². The molecular formula is C22H21FO4S. The molecule has 6 heteroatoms. The summed E-state index contributed by atoms with van der Waals surface area (Å²) in [4.78, 5) is 0. The summed E-state index contributed by atoms with van der Waals surface area (Å²) in [6.07, 6.45) is 0.252. The largest absolute Gasteiger partial charge is 0.346 e.